The quantitative estimate of drug-likeness (QED) is 0.408. The Kier molecular flexibility index (Phi) is 8.03. The standard InChI is InChI=1S/C29H35N5O4S/c1-19(2)37-27-11-10-21(16-22(27)17-30)29-31-28(32-38-29)25-8-4-7-24-23(25)6-5-9-26(24)33-39(35,36)15-14-34-13-12-20(3)18-34/h4,7-8,10-11,16,19-20,26,33H,5-6,9,12-15,18H2,1-3H3/t20-,26+/m1/s1. The number of aromatic nitrogens is 2. The Labute approximate surface area is 230 Å². The van der Waals surface area contributed by atoms with E-state index in [0.29, 0.717) is 41.1 Å². The van der Waals surface area contributed by atoms with E-state index in [2.05, 4.69) is 32.8 Å². The molecule has 10 heteroatoms. The molecule has 0 radical (unpaired) electrons. The molecule has 2 atom stereocenters. The molecule has 1 aromatic heterocycles. The number of nitrogens with one attached hydrogen (secondary N) is 1. The average molecular weight is 550 g/mol. The lowest BCUT2D eigenvalue weighted by atomic mass is 9.85. The van der Waals surface area contributed by atoms with Crippen LogP contribution in [0.15, 0.2) is 40.9 Å². The van der Waals surface area contributed by atoms with E-state index >= 15 is 0 Å². The van der Waals surface area contributed by atoms with Crippen LogP contribution in [0.3, 0.4) is 0 Å². The van der Waals surface area contributed by atoms with Crippen LogP contribution < -0.4 is 9.46 Å². The highest BCUT2D eigenvalue weighted by molar-refractivity contribution is 7.89. The van der Waals surface area contributed by atoms with E-state index in [-0.39, 0.29) is 17.9 Å². The van der Waals surface area contributed by atoms with Crippen LogP contribution in [0, 0.1) is 17.2 Å². The number of nitriles is 1. The maximum Gasteiger partial charge on any atom is 0.258 e. The molecule has 3 aromatic rings. The number of sulfonamides is 1. The summed E-state index contributed by atoms with van der Waals surface area (Å²) in [4.78, 5) is 6.86. The van der Waals surface area contributed by atoms with Crippen molar-refractivity contribution in [3.05, 3.63) is 53.1 Å². The van der Waals surface area contributed by atoms with Gasteiger partial charge in [0.05, 0.1) is 17.4 Å². The van der Waals surface area contributed by atoms with Gasteiger partial charge in [-0.3, -0.25) is 0 Å². The lowest BCUT2D eigenvalue weighted by molar-refractivity contribution is 0.241. The van der Waals surface area contributed by atoms with Crippen molar-refractivity contribution in [2.45, 2.75) is 58.6 Å². The Hall–Kier alpha value is -3.26. The van der Waals surface area contributed by atoms with Crippen molar-refractivity contribution in [2.75, 3.05) is 25.4 Å². The van der Waals surface area contributed by atoms with Gasteiger partial charge in [0.1, 0.15) is 11.8 Å². The van der Waals surface area contributed by atoms with Gasteiger partial charge in [-0.25, -0.2) is 13.1 Å². The van der Waals surface area contributed by atoms with Gasteiger partial charge in [-0.2, -0.15) is 10.2 Å². The molecular formula is C29H35N5O4S. The van der Waals surface area contributed by atoms with Crippen molar-refractivity contribution in [3.63, 3.8) is 0 Å². The third kappa shape index (κ3) is 6.32. The molecule has 0 spiro atoms. The smallest absolute Gasteiger partial charge is 0.258 e. The molecule has 2 aromatic carbocycles. The van der Waals surface area contributed by atoms with Gasteiger partial charge in [-0.05, 0) is 81.3 Å². The van der Waals surface area contributed by atoms with Crippen LogP contribution in [0.4, 0.5) is 0 Å². The molecule has 1 aliphatic carbocycles. The van der Waals surface area contributed by atoms with Crippen LogP contribution in [-0.2, 0) is 16.4 Å². The normalized spacial score (nSPS) is 19.7. The molecule has 5 rings (SSSR count). The lowest BCUT2D eigenvalue weighted by Crippen LogP contribution is -2.36. The Bertz CT molecular complexity index is 1480. The molecule has 0 bridgehead atoms. The minimum Gasteiger partial charge on any atom is -0.490 e. The minimum absolute atomic E-state index is 0.0515. The zero-order valence-electron chi connectivity index (χ0n) is 22.7. The van der Waals surface area contributed by atoms with Gasteiger partial charge >= 0.3 is 0 Å². The summed E-state index contributed by atoms with van der Waals surface area (Å²) < 4.78 is 40.2. The summed E-state index contributed by atoms with van der Waals surface area (Å²) in [7, 11) is -3.43. The number of fused-ring (bicyclic) bond motifs is 1. The summed E-state index contributed by atoms with van der Waals surface area (Å²) in [5.41, 5.74) is 3.86. The molecular weight excluding hydrogens is 514 g/mol. The summed E-state index contributed by atoms with van der Waals surface area (Å²) >= 11 is 0. The van der Waals surface area contributed by atoms with Gasteiger partial charge in [0, 0.05) is 30.3 Å². The van der Waals surface area contributed by atoms with Crippen molar-refractivity contribution in [3.8, 4) is 34.7 Å². The van der Waals surface area contributed by atoms with E-state index < -0.39 is 10.0 Å². The van der Waals surface area contributed by atoms with Crippen LogP contribution in [-0.4, -0.2) is 54.9 Å². The first-order valence-electron chi connectivity index (χ1n) is 13.6. The van der Waals surface area contributed by atoms with Gasteiger partial charge in [-0.15, -0.1) is 0 Å². The number of likely N-dealkylation sites (tertiary alicyclic amines) is 1. The largest absolute Gasteiger partial charge is 0.490 e. The van der Waals surface area contributed by atoms with Gasteiger partial charge in [0.2, 0.25) is 15.8 Å². The number of benzene rings is 2. The van der Waals surface area contributed by atoms with E-state index in [1.54, 1.807) is 18.2 Å². The molecule has 2 heterocycles. The van der Waals surface area contributed by atoms with Gasteiger partial charge in [0.25, 0.3) is 5.89 Å². The van der Waals surface area contributed by atoms with Crippen LogP contribution >= 0.6 is 0 Å². The molecule has 39 heavy (non-hydrogen) atoms. The molecule has 2 aliphatic rings. The number of hydrogen-bond acceptors (Lipinski definition) is 8. The molecule has 1 aliphatic heterocycles. The van der Waals surface area contributed by atoms with Crippen molar-refractivity contribution in [2.24, 2.45) is 5.92 Å². The second-order valence-corrected chi connectivity index (χ2v) is 12.7. The van der Waals surface area contributed by atoms with Crippen LogP contribution in [0.1, 0.15) is 62.8 Å². The highest BCUT2D eigenvalue weighted by Crippen LogP contribution is 2.36. The molecule has 1 fully saturated rings. The summed E-state index contributed by atoms with van der Waals surface area (Å²) in [6.07, 6.45) is 3.48. The topological polar surface area (TPSA) is 121 Å². The molecule has 9 nitrogen and oxygen atoms in total. The first kappa shape index (κ1) is 27.3. The third-order valence-electron chi connectivity index (χ3n) is 7.39. The Morgan fingerprint density at radius 2 is 2.10 bits per heavy atom. The van der Waals surface area contributed by atoms with E-state index in [4.69, 9.17) is 9.26 Å². The minimum atomic E-state index is -3.43. The summed E-state index contributed by atoms with van der Waals surface area (Å²) in [6.45, 7) is 8.51. The molecule has 0 amide bonds. The Balaban J connectivity index is 1.35. The average Bonchev–Trinajstić information content (AvgIpc) is 3.56. The highest BCUT2D eigenvalue weighted by Gasteiger charge is 2.28. The molecule has 206 valence electrons. The van der Waals surface area contributed by atoms with E-state index in [1.165, 1.54) is 0 Å². The van der Waals surface area contributed by atoms with Gasteiger partial charge in [0.15, 0.2) is 0 Å². The van der Waals surface area contributed by atoms with E-state index in [0.717, 1.165) is 55.5 Å². The molecule has 0 unspecified atom stereocenters. The Morgan fingerprint density at radius 3 is 2.85 bits per heavy atom. The van der Waals surface area contributed by atoms with Crippen LogP contribution in [0.5, 0.6) is 5.75 Å². The summed E-state index contributed by atoms with van der Waals surface area (Å²) in [5.74, 6) is 1.98. The highest BCUT2D eigenvalue weighted by atomic mass is 32.2. The fraction of sp³-hybridized carbons (Fsp3) is 0.483. The SMILES string of the molecule is CC(C)Oc1ccc(-c2nc(-c3cccc4c3CCC[C@@H]4NS(=O)(=O)CCN3CC[C@@H](C)C3)no2)cc1C#N. The van der Waals surface area contributed by atoms with Crippen molar-refractivity contribution in [1.29, 1.82) is 5.26 Å². The monoisotopic (exact) mass is 549 g/mol. The number of nitrogens with zero attached hydrogens (tertiary/aromatic N) is 4. The fourth-order valence-electron chi connectivity index (χ4n) is 5.49. The fourth-order valence-corrected chi connectivity index (χ4v) is 6.79. The van der Waals surface area contributed by atoms with Crippen molar-refractivity contribution in [1.82, 2.24) is 19.8 Å². The predicted octanol–water partition coefficient (Wildman–Crippen LogP) is 4.70. The Morgan fingerprint density at radius 1 is 1.26 bits per heavy atom. The first-order valence-corrected chi connectivity index (χ1v) is 15.3. The summed E-state index contributed by atoms with van der Waals surface area (Å²) in [6, 6.07) is 12.9. The molecule has 1 saturated heterocycles. The van der Waals surface area contributed by atoms with Crippen LogP contribution in [0.25, 0.3) is 22.8 Å². The number of rotatable bonds is 9. The predicted molar refractivity (Wildman–Crippen MR) is 148 cm³/mol. The molecule has 1 N–H and O–H groups in total. The number of hydrogen-bond donors (Lipinski definition) is 1. The van der Waals surface area contributed by atoms with Crippen LogP contribution in [0.2, 0.25) is 0 Å². The maximum atomic E-state index is 13.0. The zero-order valence-corrected chi connectivity index (χ0v) is 23.5. The van der Waals surface area contributed by atoms with Gasteiger partial charge in [-0.1, -0.05) is 30.3 Å². The maximum absolute atomic E-state index is 13.0. The van der Waals surface area contributed by atoms with Gasteiger partial charge < -0.3 is 14.2 Å². The first-order chi connectivity index (χ1) is 18.7. The van der Waals surface area contributed by atoms with Crippen molar-refractivity contribution >= 4 is 10.0 Å². The summed E-state index contributed by atoms with van der Waals surface area (Å²) in [5, 5.41) is 13.8. The second-order valence-electron chi connectivity index (χ2n) is 10.9. The van der Waals surface area contributed by atoms with Crippen molar-refractivity contribution < 1.29 is 17.7 Å². The molecule has 0 saturated carbocycles. The lowest BCUT2D eigenvalue weighted by Gasteiger charge is -2.28. The number of ether oxygens (including phenoxy) is 1. The third-order valence-corrected chi connectivity index (χ3v) is 8.75. The second kappa shape index (κ2) is 11.5. The van der Waals surface area contributed by atoms with E-state index in [1.807, 2.05) is 32.0 Å². The zero-order chi connectivity index (χ0) is 27.6. The van der Waals surface area contributed by atoms with E-state index in [9.17, 15) is 13.7 Å².